The van der Waals surface area contributed by atoms with Gasteiger partial charge in [0.15, 0.2) is 0 Å². The smallest absolute Gasteiger partial charge is 0.128 e. The molecule has 2 heterocycles. The molecule has 1 aliphatic heterocycles. The highest BCUT2D eigenvalue weighted by atomic mass is 15.2. The van der Waals surface area contributed by atoms with Gasteiger partial charge in [0.05, 0.1) is 0 Å². The van der Waals surface area contributed by atoms with E-state index in [1.165, 1.54) is 25.8 Å². The van der Waals surface area contributed by atoms with E-state index in [1.54, 1.807) is 0 Å². The Labute approximate surface area is 104 Å². The molecule has 3 nitrogen and oxygen atoms in total. The fourth-order valence-corrected chi connectivity index (χ4v) is 2.39. The molecular weight excluding hydrogens is 210 g/mol. The first-order valence-electron chi connectivity index (χ1n) is 6.77. The van der Waals surface area contributed by atoms with Crippen LogP contribution in [0.4, 0.5) is 5.82 Å². The first-order valence-corrected chi connectivity index (χ1v) is 6.77. The van der Waals surface area contributed by atoms with Crippen molar-refractivity contribution in [2.24, 2.45) is 5.92 Å². The Morgan fingerprint density at radius 2 is 2.18 bits per heavy atom. The van der Waals surface area contributed by atoms with E-state index in [2.05, 4.69) is 34.3 Å². The van der Waals surface area contributed by atoms with E-state index in [0.29, 0.717) is 0 Å². The monoisotopic (exact) mass is 233 g/mol. The van der Waals surface area contributed by atoms with Gasteiger partial charge in [0, 0.05) is 19.3 Å². The van der Waals surface area contributed by atoms with Gasteiger partial charge >= 0.3 is 0 Å². The van der Waals surface area contributed by atoms with Crippen LogP contribution in [-0.4, -0.2) is 31.2 Å². The molecule has 0 aromatic carbocycles. The quantitative estimate of drug-likeness (QED) is 0.791. The summed E-state index contributed by atoms with van der Waals surface area (Å²) in [5.41, 5.74) is 0. The number of hydrogen-bond acceptors (Lipinski definition) is 3. The fourth-order valence-electron chi connectivity index (χ4n) is 2.39. The summed E-state index contributed by atoms with van der Waals surface area (Å²) < 4.78 is 0. The molecule has 0 atom stereocenters. The molecule has 1 aliphatic rings. The van der Waals surface area contributed by atoms with Gasteiger partial charge in [-0.25, -0.2) is 4.98 Å². The normalized spacial score (nSPS) is 17.4. The van der Waals surface area contributed by atoms with Crippen LogP contribution in [0.3, 0.4) is 0 Å². The van der Waals surface area contributed by atoms with Gasteiger partial charge in [-0.2, -0.15) is 0 Å². The van der Waals surface area contributed by atoms with Crippen LogP contribution < -0.4 is 10.2 Å². The Morgan fingerprint density at radius 3 is 2.82 bits per heavy atom. The Balaban J connectivity index is 1.74. The molecule has 0 saturated carbocycles. The maximum Gasteiger partial charge on any atom is 0.128 e. The van der Waals surface area contributed by atoms with Crippen molar-refractivity contribution in [3.05, 3.63) is 24.4 Å². The SMILES string of the molecule is CCCNCC1CCN(c2ccccn2)CC1. The van der Waals surface area contributed by atoms with E-state index in [9.17, 15) is 0 Å². The van der Waals surface area contributed by atoms with Gasteiger partial charge in [-0.05, 0) is 50.4 Å². The van der Waals surface area contributed by atoms with Crippen molar-refractivity contribution in [2.75, 3.05) is 31.1 Å². The van der Waals surface area contributed by atoms with Crippen LogP contribution in [0, 0.1) is 5.92 Å². The molecule has 0 bridgehead atoms. The second-order valence-electron chi connectivity index (χ2n) is 4.82. The van der Waals surface area contributed by atoms with Crippen molar-refractivity contribution in [1.82, 2.24) is 10.3 Å². The van der Waals surface area contributed by atoms with Crippen molar-refractivity contribution in [3.63, 3.8) is 0 Å². The standard InChI is InChI=1S/C14H23N3/c1-2-8-15-12-13-6-10-17(11-7-13)14-5-3-4-9-16-14/h3-5,9,13,15H,2,6-8,10-12H2,1H3. The second-order valence-corrected chi connectivity index (χ2v) is 4.82. The van der Waals surface area contributed by atoms with Crippen molar-refractivity contribution >= 4 is 5.82 Å². The van der Waals surface area contributed by atoms with E-state index in [1.807, 2.05) is 12.3 Å². The van der Waals surface area contributed by atoms with Gasteiger partial charge in [-0.15, -0.1) is 0 Å². The van der Waals surface area contributed by atoms with E-state index in [4.69, 9.17) is 0 Å². The summed E-state index contributed by atoms with van der Waals surface area (Å²) in [4.78, 5) is 6.81. The zero-order valence-electron chi connectivity index (χ0n) is 10.7. The largest absolute Gasteiger partial charge is 0.357 e. The van der Waals surface area contributed by atoms with E-state index >= 15 is 0 Å². The first kappa shape index (κ1) is 12.4. The van der Waals surface area contributed by atoms with Crippen molar-refractivity contribution < 1.29 is 0 Å². The number of nitrogens with one attached hydrogen (secondary N) is 1. The van der Waals surface area contributed by atoms with Crippen LogP contribution in [0.15, 0.2) is 24.4 Å². The summed E-state index contributed by atoms with van der Waals surface area (Å²) in [6.07, 6.45) is 5.68. The molecule has 3 heteroatoms. The van der Waals surface area contributed by atoms with Crippen LogP contribution in [0.5, 0.6) is 0 Å². The summed E-state index contributed by atoms with van der Waals surface area (Å²) >= 11 is 0. The average Bonchev–Trinajstić information content (AvgIpc) is 2.41. The molecule has 0 amide bonds. The van der Waals surface area contributed by atoms with Crippen LogP contribution in [0.25, 0.3) is 0 Å². The van der Waals surface area contributed by atoms with E-state index in [-0.39, 0.29) is 0 Å². The predicted molar refractivity (Wildman–Crippen MR) is 72.3 cm³/mol. The zero-order valence-corrected chi connectivity index (χ0v) is 10.7. The van der Waals surface area contributed by atoms with Gasteiger partial charge in [0.1, 0.15) is 5.82 Å². The Kier molecular flexibility index (Phi) is 4.80. The number of hydrogen-bond donors (Lipinski definition) is 1. The topological polar surface area (TPSA) is 28.2 Å². The first-order chi connectivity index (χ1) is 8.40. The van der Waals surface area contributed by atoms with Crippen molar-refractivity contribution in [2.45, 2.75) is 26.2 Å². The number of piperidine rings is 1. The Hall–Kier alpha value is -1.09. The average molecular weight is 233 g/mol. The van der Waals surface area contributed by atoms with E-state index in [0.717, 1.165) is 31.4 Å². The molecule has 94 valence electrons. The molecule has 0 aliphatic carbocycles. The molecule has 0 spiro atoms. The number of anilines is 1. The second kappa shape index (κ2) is 6.60. The number of nitrogens with zero attached hydrogens (tertiary/aromatic N) is 2. The summed E-state index contributed by atoms with van der Waals surface area (Å²) in [7, 11) is 0. The predicted octanol–water partition coefficient (Wildman–Crippen LogP) is 2.30. The number of rotatable bonds is 5. The molecule has 0 unspecified atom stereocenters. The molecule has 1 N–H and O–H groups in total. The summed E-state index contributed by atoms with van der Waals surface area (Å²) in [5.74, 6) is 1.98. The third-order valence-electron chi connectivity index (χ3n) is 3.45. The minimum atomic E-state index is 0.849. The summed E-state index contributed by atoms with van der Waals surface area (Å²) in [6, 6.07) is 6.15. The summed E-state index contributed by atoms with van der Waals surface area (Å²) in [6.45, 7) is 6.85. The van der Waals surface area contributed by atoms with Gasteiger partial charge < -0.3 is 10.2 Å². The third kappa shape index (κ3) is 3.70. The van der Waals surface area contributed by atoms with Crippen molar-refractivity contribution in [3.8, 4) is 0 Å². The third-order valence-corrected chi connectivity index (χ3v) is 3.45. The lowest BCUT2D eigenvalue weighted by atomic mass is 9.97. The summed E-state index contributed by atoms with van der Waals surface area (Å²) in [5, 5.41) is 3.53. The minimum Gasteiger partial charge on any atom is -0.357 e. The molecule has 0 radical (unpaired) electrons. The molecule has 1 fully saturated rings. The zero-order chi connectivity index (χ0) is 11.9. The lowest BCUT2D eigenvalue weighted by molar-refractivity contribution is 0.382. The molecule has 2 rings (SSSR count). The molecule has 1 saturated heterocycles. The van der Waals surface area contributed by atoms with Crippen LogP contribution >= 0.6 is 0 Å². The Morgan fingerprint density at radius 1 is 1.35 bits per heavy atom. The van der Waals surface area contributed by atoms with Crippen molar-refractivity contribution in [1.29, 1.82) is 0 Å². The molecule has 17 heavy (non-hydrogen) atoms. The maximum absolute atomic E-state index is 4.41. The van der Waals surface area contributed by atoms with E-state index < -0.39 is 0 Å². The van der Waals surface area contributed by atoms with Gasteiger partial charge in [-0.1, -0.05) is 13.0 Å². The molecule has 1 aromatic rings. The Bertz CT molecular complexity index is 305. The van der Waals surface area contributed by atoms with Crippen LogP contribution in [-0.2, 0) is 0 Å². The molecular formula is C14H23N3. The van der Waals surface area contributed by atoms with Crippen LogP contribution in [0.2, 0.25) is 0 Å². The van der Waals surface area contributed by atoms with Gasteiger partial charge in [-0.3, -0.25) is 0 Å². The highest BCUT2D eigenvalue weighted by Gasteiger charge is 2.19. The van der Waals surface area contributed by atoms with Gasteiger partial charge in [0.25, 0.3) is 0 Å². The lowest BCUT2D eigenvalue weighted by Crippen LogP contribution is -2.37. The minimum absolute atomic E-state index is 0.849. The van der Waals surface area contributed by atoms with Crippen LogP contribution in [0.1, 0.15) is 26.2 Å². The van der Waals surface area contributed by atoms with Gasteiger partial charge in [0.2, 0.25) is 0 Å². The number of aromatic nitrogens is 1. The fraction of sp³-hybridized carbons (Fsp3) is 0.643. The lowest BCUT2D eigenvalue weighted by Gasteiger charge is -2.32. The molecule has 1 aromatic heterocycles. The maximum atomic E-state index is 4.41. The number of pyridine rings is 1. The highest BCUT2D eigenvalue weighted by Crippen LogP contribution is 2.20. The highest BCUT2D eigenvalue weighted by molar-refractivity contribution is 5.37.